The number of carbonyl (C=O) groups is 1. The Kier molecular flexibility index (Phi) is 5.07. The Hall–Kier alpha value is -0.910. The van der Waals surface area contributed by atoms with E-state index in [0.717, 1.165) is 58.0 Å². The van der Waals surface area contributed by atoms with Gasteiger partial charge in [-0.3, -0.25) is 15.1 Å². The Labute approximate surface area is 175 Å². The Bertz CT molecular complexity index is 688. The first kappa shape index (κ1) is 20.0. The average molecular weight is 403 g/mol. The Morgan fingerprint density at radius 2 is 2.07 bits per heavy atom. The number of carbonyl (C=O) groups excluding carboxylic acids is 1. The van der Waals surface area contributed by atoms with Crippen LogP contribution < -0.4 is 10.8 Å². The van der Waals surface area contributed by atoms with Gasteiger partial charge in [-0.2, -0.15) is 0 Å². The molecule has 5 nitrogen and oxygen atoms in total. The lowest BCUT2D eigenvalue weighted by molar-refractivity contribution is -0.141. The quantitative estimate of drug-likeness (QED) is 0.630. The summed E-state index contributed by atoms with van der Waals surface area (Å²) in [5.41, 5.74) is 4.61. The van der Waals surface area contributed by atoms with Gasteiger partial charge in [-0.05, 0) is 86.5 Å². The molecule has 0 spiro atoms. The molecular formula is C24H38N2O3. The van der Waals surface area contributed by atoms with E-state index in [9.17, 15) is 9.90 Å². The highest BCUT2D eigenvalue weighted by atomic mass is 16.7. The van der Waals surface area contributed by atoms with Gasteiger partial charge in [0.15, 0.2) is 0 Å². The molecule has 5 heteroatoms. The minimum atomic E-state index is -0.0925. The average Bonchev–Trinajstić information content (AvgIpc) is 3.34. The zero-order chi connectivity index (χ0) is 20.2. The Balaban J connectivity index is 1.37. The Morgan fingerprint density at radius 3 is 2.83 bits per heavy atom. The number of fused-ring (bicyclic) bond motifs is 5. The summed E-state index contributed by atoms with van der Waals surface area (Å²) in [5.74, 6) is 3.00. The lowest BCUT2D eigenvalue weighted by Gasteiger charge is -2.60. The molecule has 0 aromatic carbocycles. The summed E-state index contributed by atoms with van der Waals surface area (Å²) >= 11 is 0. The lowest BCUT2D eigenvalue weighted by Crippen LogP contribution is -2.55. The number of Topliss-reactive ketones (excluding diaryl/α,β-unsaturated/α-hetero) is 1. The number of ketones is 1. The maximum atomic E-state index is 12.7. The van der Waals surface area contributed by atoms with Crippen molar-refractivity contribution in [1.82, 2.24) is 10.8 Å². The Morgan fingerprint density at radius 1 is 1.21 bits per heavy atom. The fourth-order valence-electron chi connectivity index (χ4n) is 8.03. The van der Waals surface area contributed by atoms with Crippen molar-refractivity contribution in [3.8, 4) is 0 Å². The number of hydrogen-bond donors (Lipinski definition) is 3. The summed E-state index contributed by atoms with van der Waals surface area (Å²) in [6.45, 7) is 6.92. The van der Waals surface area contributed by atoms with Crippen molar-refractivity contribution < 1.29 is 14.7 Å². The SMILES string of the molecule is C[C@]12CCC(NOC3CCNC3)=CC1C(CO)C[C@@H]1[C@H]2CC[C@]2(C)C(=O)CC[C@@H]12. The van der Waals surface area contributed by atoms with E-state index in [2.05, 4.69) is 30.7 Å². The highest BCUT2D eigenvalue weighted by Crippen LogP contribution is 2.66. The fourth-order valence-corrected chi connectivity index (χ4v) is 8.03. The number of hydroxylamine groups is 1. The van der Waals surface area contributed by atoms with Crippen molar-refractivity contribution >= 4 is 5.78 Å². The van der Waals surface area contributed by atoms with Gasteiger partial charge >= 0.3 is 0 Å². The van der Waals surface area contributed by atoms with Crippen LogP contribution >= 0.6 is 0 Å². The summed E-state index contributed by atoms with van der Waals surface area (Å²) in [6, 6.07) is 0. The van der Waals surface area contributed by atoms with Gasteiger partial charge in [-0.1, -0.05) is 19.9 Å². The highest BCUT2D eigenvalue weighted by molar-refractivity contribution is 5.87. The molecule has 3 N–H and O–H groups in total. The van der Waals surface area contributed by atoms with E-state index in [0.29, 0.717) is 35.4 Å². The zero-order valence-corrected chi connectivity index (χ0v) is 18.1. The summed E-state index contributed by atoms with van der Waals surface area (Å²) in [6.07, 6.45) is 11.0. The van der Waals surface area contributed by atoms with Crippen LogP contribution in [0.3, 0.4) is 0 Å². The van der Waals surface area contributed by atoms with Crippen LogP contribution in [0.5, 0.6) is 0 Å². The van der Waals surface area contributed by atoms with E-state index in [1.54, 1.807) is 0 Å². The third-order valence-electron chi connectivity index (χ3n) is 9.76. The molecule has 3 saturated carbocycles. The van der Waals surface area contributed by atoms with Crippen LogP contribution in [0, 0.1) is 40.4 Å². The van der Waals surface area contributed by atoms with Crippen LogP contribution in [0.2, 0.25) is 0 Å². The lowest BCUT2D eigenvalue weighted by atomic mass is 9.44. The number of hydrogen-bond acceptors (Lipinski definition) is 5. The number of nitrogens with one attached hydrogen (secondary N) is 2. The second-order valence-electron chi connectivity index (χ2n) is 11.0. The van der Waals surface area contributed by atoms with E-state index >= 15 is 0 Å². The maximum Gasteiger partial charge on any atom is 0.139 e. The molecule has 0 aromatic heterocycles. The summed E-state index contributed by atoms with van der Waals surface area (Å²) in [7, 11) is 0. The summed E-state index contributed by atoms with van der Waals surface area (Å²) < 4.78 is 0. The van der Waals surface area contributed by atoms with Crippen molar-refractivity contribution in [3.63, 3.8) is 0 Å². The van der Waals surface area contributed by atoms with E-state index in [1.165, 1.54) is 12.1 Å². The molecule has 3 unspecified atom stereocenters. The third-order valence-corrected chi connectivity index (χ3v) is 9.76. The van der Waals surface area contributed by atoms with Gasteiger partial charge in [0.1, 0.15) is 5.78 Å². The van der Waals surface area contributed by atoms with Crippen molar-refractivity contribution in [2.75, 3.05) is 19.7 Å². The minimum Gasteiger partial charge on any atom is -0.396 e. The molecule has 162 valence electrons. The molecule has 29 heavy (non-hydrogen) atoms. The van der Waals surface area contributed by atoms with Crippen molar-refractivity contribution in [3.05, 3.63) is 11.8 Å². The van der Waals surface area contributed by atoms with Crippen molar-refractivity contribution in [2.45, 2.75) is 71.3 Å². The second-order valence-corrected chi connectivity index (χ2v) is 11.0. The molecule has 4 fully saturated rings. The first-order valence-corrected chi connectivity index (χ1v) is 11.9. The molecule has 0 amide bonds. The van der Waals surface area contributed by atoms with Gasteiger partial charge in [0, 0.05) is 30.7 Å². The first-order valence-electron chi connectivity index (χ1n) is 11.9. The van der Waals surface area contributed by atoms with E-state index in [1.807, 2.05) is 0 Å². The van der Waals surface area contributed by atoms with Crippen LogP contribution in [0.15, 0.2) is 11.8 Å². The topological polar surface area (TPSA) is 70.6 Å². The van der Waals surface area contributed by atoms with Crippen LogP contribution in [0.1, 0.15) is 65.2 Å². The standard InChI is InChI=1S/C24H38N2O3/c1-23-8-5-16(26-29-17-7-10-25-13-17)12-21(23)15(14-27)11-18-19-3-4-22(28)24(19,2)9-6-20(18)23/h12,15,17-21,25-27H,3-11,13-14H2,1-2H3/t15?,17?,18-,19-,20+,21?,23+,24-/m0/s1. The molecule has 8 atom stereocenters. The molecule has 4 aliphatic carbocycles. The van der Waals surface area contributed by atoms with Gasteiger partial charge in [0.05, 0.1) is 6.10 Å². The van der Waals surface area contributed by atoms with Crippen LogP contribution in [-0.4, -0.2) is 36.7 Å². The van der Waals surface area contributed by atoms with Crippen molar-refractivity contribution in [1.29, 1.82) is 0 Å². The molecule has 1 aliphatic heterocycles. The molecule has 0 radical (unpaired) electrons. The van der Waals surface area contributed by atoms with Gasteiger partial charge in [0.25, 0.3) is 0 Å². The predicted molar refractivity (Wildman–Crippen MR) is 112 cm³/mol. The van der Waals surface area contributed by atoms with E-state index in [-0.39, 0.29) is 23.5 Å². The maximum absolute atomic E-state index is 12.7. The van der Waals surface area contributed by atoms with Gasteiger partial charge in [-0.15, -0.1) is 0 Å². The smallest absolute Gasteiger partial charge is 0.139 e. The largest absolute Gasteiger partial charge is 0.396 e. The molecule has 1 heterocycles. The third kappa shape index (κ3) is 3.11. The molecular weight excluding hydrogens is 364 g/mol. The fraction of sp³-hybridized carbons (Fsp3) is 0.875. The molecule has 0 bridgehead atoms. The highest BCUT2D eigenvalue weighted by Gasteiger charge is 2.61. The number of allylic oxidation sites excluding steroid dienone is 2. The minimum absolute atomic E-state index is 0.0925. The van der Waals surface area contributed by atoms with Gasteiger partial charge < -0.3 is 10.4 Å². The summed E-state index contributed by atoms with van der Waals surface area (Å²) in [4.78, 5) is 18.6. The number of aliphatic hydroxyl groups is 1. The van der Waals surface area contributed by atoms with Crippen molar-refractivity contribution in [2.24, 2.45) is 40.4 Å². The number of aliphatic hydroxyl groups excluding tert-OH is 1. The van der Waals surface area contributed by atoms with Crippen LogP contribution in [-0.2, 0) is 9.63 Å². The number of rotatable bonds is 4. The molecule has 5 aliphatic rings. The van der Waals surface area contributed by atoms with Crippen LogP contribution in [0.4, 0.5) is 0 Å². The van der Waals surface area contributed by atoms with E-state index in [4.69, 9.17) is 4.84 Å². The van der Waals surface area contributed by atoms with Gasteiger partial charge in [0.2, 0.25) is 0 Å². The molecule has 5 rings (SSSR count). The normalized spacial score (nSPS) is 49.2. The first-order chi connectivity index (χ1) is 14.0. The molecule has 0 aromatic rings. The monoisotopic (exact) mass is 402 g/mol. The predicted octanol–water partition coefficient (Wildman–Crippen LogP) is 3.19. The molecule has 1 saturated heterocycles. The zero-order valence-electron chi connectivity index (χ0n) is 18.1. The summed E-state index contributed by atoms with van der Waals surface area (Å²) in [5, 5.41) is 13.7. The van der Waals surface area contributed by atoms with Crippen LogP contribution in [0.25, 0.3) is 0 Å². The second kappa shape index (κ2) is 7.35. The van der Waals surface area contributed by atoms with Gasteiger partial charge in [-0.25, -0.2) is 0 Å². The van der Waals surface area contributed by atoms with E-state index < -0.39 is 0 Å².